The highest BCUT2D eigenvalue weighted by atomic mass is 16.6. The third-order valence-corrected chi connectivity index (χ3v) is 2.50. The predicted molar refractivity (Wildman–Crippen MR) is 66.4 cm³/mol. The van der Waals surface area contributed by atoms with Crippen molar-refractivity contribution in [2.45, 2.75) is 0 Å². The maximum absolute atomic E-state index is 11.7. The van der Waals surface area contributed by atoms with Gasteiger partial charge in [-0.2, -0.15) is 0 Å². The Morgan fingerprint density at radius 2 is 1.20 bits per heavy atom. The van der Waals surface area contributed by atoms with Gasteiger partial charge in [0.05, 0.1) is 37.6 Å². The van der Waals surface area contributed by atoms with E-state index in [1.807, 2.05) is 0 Å². The van der Waals surface area contributed by atoms with Crippen LogP contribution >= 0.6 is 0 Å². The monoisotopic (exact) mass is 281 g/mol. The second-order valence-corrected chi connectivity index (χ2v) is 3.96. The Morgan fingerprint density at radius 1 is 0.750 bits per heavy atom. The molecule has 108 valence electrons. The second-order valence-electron chi connectivity index (χ2n) is 3.96. The summed E-state index contributed by atoms with van der Waals surface area (Å²) in [6.45, 7) is 1.62. The van der Waals surface area contributed by atoms with Crippen LogP contribution in [-0.4, -0.2) is 56.6 Å². The molecular formula is C13H15NO6. The highest BCUT2D eigenvalue weighted by Gasteiger charge is 2.13. The lowest BCUT2D eigenvalue weighted by Crippen LogP contribution is -2.13. The van der Waals surface area contributed by atoms with E-state index >= 15 is 0 Å². The minimum Gasteiger partial charge on any atom is -0.460 e. The van der Waals surface area contributed by atoms with E-state index in [0.29, 0.717) is 13.2 Å². The Labute approximate surface area is 115 Å². The molecule has 0 atom stereocenters. The summed E-state index contributed by atoms with van der Waals surface area (Å²) in [7, 11) is 0. The van der Waals surface area contributed by atoms with Crippen molar-refractivity contribution in [1.82, 2.24) is 4.98 Å². The van der Waals surface area contributed by atoms with Crippen LogP contribution in [0, 0.1) is 0 Å². The van der Waals surface area contributed by atoms with Crippen molar-refractivity contribution >= 4 is 11.9 Å². The molecule has 0 fully saturated rings. The normalized spacial score (nSPS) is 18.4. The van der Waals surface area contributed by atoms with Crippen LogP contribution in [0.3, 0.4) is 0 Å². The number of pyridine rings is 1. The lowest BCUT2D eigenvalue weighted by molar-refractivity contribution is 0.00280. The van der Waals surface area contributed by atoms with Gasteiger partial charge in [0, 0.05) is 12.4 Å². The number of ether oxygens (including phenoxy) is 4. The topological polar surface area (TPSA) is 84.0 Å². The van der Waals surface area contributed by atoms with Crippen molar-refractivity contribution in [3.8, 4) is 0 Å². The maximum Gasteiger partial charge on any atom is 0.339 e. The fraction of sp³-hybridized carbons (Fsp3) is 0.462. The third-order valence-electron chi connectivity index (χ3n) is 2.50. The first-order chi connectivity index (χ1) is 9.77. The van der Waals surface area contributed by atoms with Crippen molar-refractivity contribution < 1.29 is 28.5 Å². The van der Waals surface area contributed by atoms with Crippen LogP contribution in [0.2, 0.25) is 0 Å². The first-order valence-electron chi connectivity index (χ1n) is 6.22. The number of nitrogens with zero attached hydrogens (tertiary/aromatic N) is 1. The molecule has 1 aromatic rings. The summed E-state index contributed by atoms with van der Waals surface area (Å²) in [5, 5.41) is 0. The molecule has 0 saturated heterocycles. The van der Waals surface area contributed by atoms with Gasteiger partial charge in [-0.15, -0.1) is 0 Å². The minimum absolute atomic E-state index is 0.132. The zero-order chi connectivity index (χ0) is 14.2. The Kier molecular flexibility index (Phi) is 5.45. The average molecular weight is 281 g/mol. The van der Waals surface area contributed by atoms with Crippen LogP contribution in [0.1, 0.15) is 20.7 Å². The number of hydrogen-bond donors (Lipinski definition) is 0. The molecule has 20 heavy (non-hydrogen) atoms. The van der Waals surface area contributed by atoms with Crippen molar-refractivity contribution in [3.63, 3.8) is 0 Å². The molecule has 0 saturated carbocycles. The van der Waals surface area contributed by atoms with Crippen molar-refractivity contribution in [2.24, 2.45) is 0 Å². The van der Waals surface area contributed by atoms with Crippen molar-refractivity contribution in [1.29, 1.82) is 0 Å². The largest absolute Gasteiger partial charge is 0.460 e. The summed E-state index contributed by atoms with van der Waals surface area (Å²) in [5.41, 5.74) is 0.399. The van der Waals surface area contributed by atoms with Gasteiger partial charge in [0.2, 0.25) is 0 Å². The summed E-state index contributed by atoms with van der Waals surface area (Å²) >= 11 is 0. The van der Waals surface area contributed by atoms with E-state index in [-0.39, 0.29) is 37.6 Å². The highest BCUT2D eigenvalue weighted by Crippen LogP contribution is 2.06. The van der Waals surface area contributed by atoms with Crippen LogP contribution in [0.5, 0.6) is 0 Å². The quantitative estimate of drug-likeness (QED) is 0.638. The van der Waals surface area contributed by atoms with E-state index in [9.17, 15) is 9.59 Å². The maximum atomic E-state index is 11.7. The van der Waals surface area contributed by atoms with Crippen LogP contribution in [0.4, 0.5) is 0 Å². The number of aromatic nitrogens is 1. The van der Waals surface area contributed by atoms with Gasteiger partial charge in [0.1, 0.15) is 13.2 Å². The molecular weight excluding hydrogens is 266 g/mol. The van der Waals surface area contributed by atoms with Gasteiger partial charge in [-0.05, 0) is 6.07 Å². The van der Waals surface area contributed by atoms with Crippen LogP contribution in [-0.2, 0) is 18.9 Å². The van der Waals surface area contributed by atoms with Gasteiger partial charge in [-0.3, -0.25) is 4.98 Å². The zero-order valence-corrected chi connectivity index (χ0v) is 10.9. The predicted octanol–water partition coefficient (Wildman–Crippen LogP) is 0.442. The first-order valence-corrected chi connectivity index (χ1v) is 6.22. The molecule has 2 heterocycles. The number of esters is 2. The van der Waals surface area contributed by atoms with Gasteiger partial charge >= 0.3 is 11.9 Å². The van der Waals surface area contributed by atoms with E-state index in [2.05, 4.69) is 4.98 Å². The SMILES string of the molecule is O=C1OCCOCCOCCOC(=O)c2cncc1c2. The number of carbonyl (C=O) groups is 2. The number of hydrogen-bond acceptors (Lipinski definition) is 7. The molecule has 0 amide bonds. The van der Waals surface area contributed by atoms with Gasteiger partial charge < -0.3 is 18.9 Å². The van der Waals surface area contributed by atoms with Crippen LogP contribution in [0.15, 0.2) is 18.5 Å². The molecule has 7 nitrogen and oxygen atoms in total. The Morgan fingerprint density at radius 3 is 1.70 bits per heavy atom. The Hall–Kier alpha value is -1.99. The van der Waals surface area contributed by atoms with Gasteiger partial charge in [0.15, 0.2) is 0 Å². The molecule has 0 spiro atoms. The molecule has 2 bridgehead atoms. The van der Waals surface area contributed by atoms with E-state index < -0.39 is 11.9 Å². The number of carbonyl (C=O) groups excluding carboxylic acids is 2. The zero-order valence-electron chi connectivity index (χ0n) is 10.9. The standard InChI is InChI=1S/C13H15NO6/c15-12-10-7-11(9-14-8-10)13(16)20-6-4-18-2-1-17-3-5-19-12/h7-9H,1-6H2. The van der Waals surface area contributed by atoms with E-state index in [4.69, 9.17) is 18.9 Å². The Bertz CT molecular complexity index is 436. The summed E-state index contributed by atoms with van der Waals surface area (Å²) in [5.74, 6) is -1.11. The smallest absolute Gasteiger partial charge is 0.339 e. The second kappa shape index (κ2) is 7.56. The Balaban J connectivity index is 2.07. The summed E-state index contributed by atoms with van der Waals surface area (Å²) < 4.78 is 20.4. The molecule has 0 aliphatic carbocycles. The van der Waals surface area contributed by atoms with Crippen molar-refractivity contribution in [2.75, 3.05) is 39.6 Å². The fourth-order valence-corrected chi connectivity index (χ4v) is 1.54. The van der Waals surface area contributed by atoms with Gasteiger partial charge in [-0.1, -0.05) is 0 Å². The van der Waals surface area contributed by atoms with E-state index in [0.717, 1.165) is 0 Å². The van der Waals surface area contributed by atoms with Gasteiger partial charge in [-0.25, -0.2) is 9.59 Å². The minimum atomic E-state index is -0.554. The molecule has 2 rings (SSSR count). The molecule has 1 aromatic heterocycles. The third kappa shape index (κ3) is 4.29. The lowest BCUT2D eigenvalue weighted by Gasteiger charge is -2.06. The summed E-state index contributed by atoms with van der Waals surface area (Å²) in [6, 6.07) is 1.39. The molecule has 0 aromatic carbocycles. The fourth-order valence-electron chi connectivity index (χ4n) is 1.54. The average Bonchev–Trinajstić information content (AvgIpc) is 2.48. The highest BCUT2D eigenvalue weighted by molar-refractivity contribution is 5.94. The molecule has 0 N–H and O–H groups in total. The number of fused-ring (bicyclic) bond motifs is 2. The summed E-state index contributed by atoms with van der Waals surface area (Å²) in [6.07, 6.45) is 2.67. The van der Waals surface area contributed by atoms with Crippen LogP contribution < -0.4 is 0 Å². The first kappa shape index (κ1) is 14.4. The van der Waals surface area contributed by atoms with E-state index in [1.54, 1.807) is 0 Å². The molecule has 0 radical (unpaired) electrons. The molecule has 0 unspecified atom stereocenters. The van der Waals surface area contributed by atoms with Gasteiger partial charge in [0.25, 0.3) is 0 Å². The number of rotatable bonds is 0. The number of cyclic esters (lactones) is 2. The molecule has 1 aliphatic heterocycles. The lowest BCUT2D eigenvalue weighted by atomic mass is 10.2. The molecule has 7 heteroatoms. The molecule has 1 aliphatic rings. The van der Waals surface area contributed by atoms with E-state index in [1.165, 1.54) is 18.5 Å². The summed E-state index contributed by atoms with van der Waals surface area (Å²) in [4.78, 5) is 27.3. The van der Waals surface area contributed by atoms with Crippen molar-refractivity contribution in [3.05, 3.63) is 29.6 Å². The van der Waals surface area contributed by atoms with Crippen LogP contribution in [0.25, 0.3) is 0 Å².